The van der Waals surface area contributed by atoms with E-state index in [9.17, 15) is 17.6 Å². The number of alkyl halides is 3. The lowest BCUT2D eigenvalue weighted by atomic mass is 10.1. The maximum absolute atomic E-state index is 13.8. The summed E-state index contributed by atoms with van der Waals surface area (Å²) in [6, 6.07) is 4.42. The average Bonchev–Trinajstić information content (AvgIpc) is 2.80. The normalized spacial score (nSPS) is 12.3. The van der Waals surface area contributed by atoms with Crippen LogP contribution in [-0.4, -0.2) is 27.2 Å². The summed E-state index contributed by atoms with van der Waals surface area (Å²) in [4.78, 5) is 0. The molecule has 5 nitrogen and oxygen atoms in total. The van der Waals surface area contributed by atoms with Crippen LogP contribution in [0.2, 0.25) is 0 Å². The molecule has 2 rings (SSSR count). The maximum Gasteiger partial charge on any atom is 0.505 e. The molecule has 2 N–H and O–H groups in total. The highest BCUT2D eigenvalue weighted by Gasteiger charge is 2.35. The van der Waals surface area contributed by atoms with Gasteiger partial charge in [-0.1, -0.05) is 0 Å². The Morgan fingerprint density at radius 2 is 1.83 bits per heavy atom. The SMILES string of the molecule is CC(C)(C)Oc1cc(F)cc(-c2cc(NCO)nn2C(F)(F)F)c1. The molecule has 0 aliphatic carbocycles. The maximum atomic E-state index is 13.8. The minimum absolute atomic E-state index is 0.0509. The Labute approximate surface area is 135 Å². The molecular weight excluding hydrogens is 330 g/mol. The number of nitrogens with one attached hydrogen (secondary N) is 1. The molecule has 0 atom stereocenters. The van der Waals surface area contributed by atoms with Crippen LogP contribution in [0.25, 0.3) is 11.3 Å². The van der Waals surface area contributed by atoms with Crippen LogP contribution in [0.1, 0.15) is 20.8 Å². The van der Waals surface area contributed by atoms with E-state index in [4.69, 9.17) is 9.84 Å². The van der Waals surface area contributed by atoms with Gasteiger partial charge in [0.1, 0.15) is 23.9 Å². The molecule has 2 aromatic rings. The van der Waals surface area contributed by atoms with Crippen molar-refractivity contribution < 1.29 is 27.4 Å². The number of hydrogen-bond donors (Lipinski definition) is 2. The molecule has 0 unspecified atom stereocenters. The second kappa shape index (κ2) is 6.31. The highest BCUT2D eigenvalue weighted by Crippen LogP contribution is 2.34. The van der Waals surface area contributed by atoms with E-state index in [2.05, 4.69) is 10.4 Å². The van der Waals surface area contributed by atoms with Crippen LogP contribution in [0.3, 0.4) is 0 Å². The zero-order valence-corrected chi connectivity index (χ0v) is 13.3. The molecule has 0 radical (unpaired) electrons. The highest BCUT2D eigenvalue weighted by molar-refractivity contribution is 5.65. The first-order valence-corrected chi connectivity index (χ1v) is 7.01. The van der Waals surface area contributed by atoms with Crippen molar-refractivity contribution >= 4 is 5.82 Å². The van der Waals surface area contributed by atoms with E-state index in [1.165, 1.54) is 6.07 Å². The monoisotopic (exact) mass is 347 g/mol. The number of aliphatic hydroxyl groups is 1. The van der Waals surface area contributed by atoms with E-state index < -0.39 is 24.4 Å². The van der Waals surface area contributed by atoms with Crippen molar-refractivity contribution in [3.63, 3.8) is 0 Å². The zero-order chi connectivity index (χ0) is 18.1. The predicted molar refractivity (Wildman–Crippen MR) is 80.0 cm³/mol. The van der Waals surface area contributed by atoms with Gasteiger partial charge in [0.2, 0.25) is 0 Å². The molecule has 0 saturated carbocycles. The summed E-state index contributed by atoms with van der Waals surface area (Å²) < 4.78 is 58.6. The van der Waals surface area contributed by atoms with Crippen LogP contribution in [0.4, 0.5) is 23.4 Å². The third-order valence-corrected chi connectivity index (χ3v) is 2.80. The number of anilines is 1. The molecular formula is C15H17F4N3O2. The first kappa shape index (κ1) is 18.1. The zero-order valence-electron chi connectivity index (χ0n) is 13.3. The molecule has 0 fully saturated rings. The van der Waals surface area contributed by atoms with Crippen molar-refractivity contribution in [2.75, 3.05) is 12.0 Å². The Morgan fingerprint density at radius 3 is 2.38 bits per heavy atom. The number of nitrogens with zero attached hydrogens (tertiary/aromatic N) is 2. The van der Waals surface area contributed by atoms with Crippen molar-refractivity contribution in [3.8, 4) is 17.0 Å². The summed E-state index contributed by atoms with van der Waals surface area (Å²) in [7, 11) is 0. The number of aliphatic hydroxyl groups excluding tert-OH is 1. The topological polar surface area (TPSA) is 59.3 Å². The molecule has 1 heterocycles. The second-order valence-corrected chi connectivity index (χ2v) is 6.02. The predicted octanol–water partition coefficient (Wildman–Crippen LogP) is 3.70. The highest BCUT2D eigenvalue weighted by atomic mass is 19.4. The lowest BCUT2D eigenvalue weighted by Gasteiger charge is -2.22. The number of ether oxygens (including phenoxy) is 1. The smallest absolute Gasteiger partial charge is 0.488 e. The van der Waals surface area contributed by atoms with Crippen LogP contribution in [0.5, 0.6) is 5.75 Å². The van der Waals surface area contributed by atoms with Crippen molar-refractivity contribution in [1.29, 1.82) is 0 Å². The number of aromatic nitrogens is 2. The quantitative estimate of drug-likeness (QED) is 0.654. The van der Waals surface area contributed by atoms with E-state index in [1.807, 2.05) is 0 Å². The Balaban J connectivity index is 2.54. The Kier molecular flexibility index (Phi) is 4.75. The number of benzene rings is 1. The molecule has 0 saturated heterocycles. The van der Waals surface area contributed by atoms with E-state index in [-0.39, 0.29) is 27.5 Å². The molecule has 24 heavy (non-hydrogen) atoms. The summed E-state index contributed by atoms with van der Waals surface area (Å²) in [5.74, 6) is -0.824. The van der Waals surface area contributed by atoms with E-state index in [1.54, 1.807) is 20.8 Å². The van der Waals surface area contributed by atoms with Crippen LogP contribution in [0.15, 0.2) is 24.3 Å². The molecule has 1 aromatic heterocycles. The second-order valence-electron chi connectivity index (χ2n) is 6.02. The molecule has 0 spiro atoms. The molecule has 0 aliphatic heterocycles. The van der Waals surface area contributed by atoms with Crippen molar-refractivity contribution in [2.24, 2.45) is 0 Å². The van der Waals surface area contributed by atoms with Gasteiger partial charge in [0, 0.05) is 17.7 Å². The fraction of sp³-hybridized carbons (Fsp3) is 0.400. The van der Waals surface area contributed by atoms with Gasteiger partial charge in [0.25, 0.3) is 0 Å². The minimum atomic E-state index is -4.80. The van der Waals surface area contributed by atoms with Gasteiger partial charge in [-0.05, 0) is 32.9 Å². The van der Waals surface area contributed by atoms with E-state index in [0.29, 0.717) is 0 Å². The third-order valence-electron chi connectivity index (χ3n) is 2.80. The fourth-order valence-corrected chi connectivity index (χ4v) is 2.07. The van der Waals surface area contributed by atoms with Gasteiger partial charge in [-0.3, -0.25) is 0 Å². The molecule has 0 aliphatic rings. The summed E-state index contributed by atoms with van der Waals surface area (Å²) in [5.41, 5.74) is -1.07. The minimum Gasteiger partial charge on any atom is -0.488 e. The standard InChI is InChI=1S/C15H17F4N3O2/c1-14(2,3)24-11-5-9(4-10(16)6-11)12-7-13(20-8-23)21-22(12)15(17,18)19/h4-7,23H,8H2,1-3H3,(H,20,21). The molecule has 1 aromatic carbocycles. The van der Waals surface area contributed by atoms with E-state index in [0.717, 1.165) is 18.2 Å². The van der Waals surface area contributed by atoms with Gasteiger partial charge in [0.15, 0.2) is 5.82 Å². The van der Waals surface area contributed by atoms with Gasteiger partial charge in [-0.2, -0.15) is 4.68 Å². The lowest BCUT2D eigenvalue weighted by Crippen LogP contribution is -2.23. The number of halogens is 4. The van der Waals surface area contributed by atoms with Crippen LogP contribution < -0.4 is 10.1 Å². The lowest BCUT2D eigenvalue weighted by molar-refractivity contribution is -0.210. The average molecular weight is 347 g/mol. The van der Waals surface area contributed by atoms with Crippen molar-refractivity contribution in [1.82, 2.24) is 9.78 Å². The van der Waals surface area contributed by atoms with Gasteiger partial charge in [-0.15, -0.1) is 18.3 Å². The molecule has 0 bridgehead atoms. The largest absolute Gasteiger partial charge is 0.505 e. The third kappa shape index (κ3) is 4.38. The Hall–Kier alpha value is -2.29. The van der Waals surface area contributed by atoms with Gasteiger partial charge >= 0.3 is 6.30 Å². The van der Waals surface area contributed by atoms with Gasteiger partial charge < -0.3 is 15.2 Å². The Morgan fingerprint density at radius 1 is 1.17 bits per heavy atom. The molecule has 132 valence electrons. The van der Waals surface area contributed by atoms with Gasteiger partial charge in [-0.25, -0.2) is 4.39 Å². The number of hydrogen-bond acceptors (Lipinski definition) is 4. The van der Waals surface area contributed by atoms with Crippen LogP contribution in [0, 0.1) is 5.82 Å². The number of rotatable bonds is 4. The van der Waals surface area contributed by atoms with Crippen molar-refractivity contribution in [3.05, 3.63) is 30.1 Å². The Bertz CT molecular complexity index is 720. The first-order valence-electron chi connectivity index (χ1n) is 7.01. The molecule has 9 heteroatoms. The van der Waals surface area contributed by atoms with Crippen molar-refractivity contribution in [2.45, 2.75) is 32.7 Å². The summed E-state index contributed by atoms with van der Waals surface area (Å²) in [5, 5.41) is 14.4. The van der Waals surface area contributed by atoms with Crippen LogP contribution in [-0.2, 0) is 6.30 Å². The summed E-state index contributed by atoms with van der Waals surface area (Å²) in [6.45, 7) is 4.62. The summed E-state index contributed by atoms with van der Waals surface area (Å²) in [6.07, 6.45) is -4.80. The first-order chi connectivity index (χ1) is 11.0. The van der Waals surface area contributed by atoms with E-state index >= 15 is 0 Å². The van der Waals surface area contributed by atoms with Crippen LogP contribution >= 0.6 is 0 Å². The summed E-state index contributed by atoms with van der Waals surface area (Å²) >= 11 is 0. The fourth-order valence-electron chi connectivity index (χ4n) is 2.07. The van der Waals surface area contributed by atoms with Gasteiger partial charge in [0.05, 0.1) is 5.69 Å². The molecule has 0 amide bonds.